The van der Waals surface area contributed by atoms with E-state index in [-0.39, 0.29) is 22.1 Å². The number of para-hydroxylation sites is 1. The summed E-state index contributed by atoms with van der Waals surface area (Å²) in [6.45, 7) is -0.706. The van der Waals surface area contributed by atoms with E-state index in [2.05, 4.69) is 15.0 Å². The van der Waals surface area contributed by atoms with Crippen LogP contribution in [0.25, 0.3) is 0 Å². The smallest absolute Gasteiger partial charge is 0.304 e. The molecule has 0 saturated heterocycles. The maximum atomic E-state index is 14.3. The second kappa shape index (κ2) is 10.2. The van der Waals surface area contributed by atoms with Crippen molar-refractivity contribution in [1.29, 1.82) is 0 Å². The molecule has 0 atom stereocenters. The first kappa shape index (κ1) is 25.1. The summed E-state index contributed by atoms with van der Waals surface area (Å²) in [6.07, 6.45) is 1.44. The summed E-state index contributed by atoms with van der Waals surface area (Å²) in [4.78, 5) is 16.4. The van der Waals surface area contributed by atoms with Gasteiger partial charge in [-0.05, 0) is 48.5 Å². The van der Waals surface area contributed by atoms with E-state index in [9.17, 15) is 26.0 Å². The van der Waals surface area contributed by atoms with Gasteiger partial charge in [-0.25, -0.2) is 22.1 Å². The quantitative estimate of drug-likeness (QED) is 0.457. The van der Waals surface area contributed by atoms with Gasteiger partial charge in [-0.2, -0.15) is 12.7 Å². The topological polar surface area (TPSA) is 129 Å². The third kappa shape index (κ3) is 5.87. The molecule has 0 aliphatic rings. The highest BCUT2D eigenvalue weighted by molar-refractivity contribution is 7.92. The van der Waals surface area contributed by atoms with Crippen molar-refractivity contribution in [2.75, 3.05) is 35.0 Å². The van der Waals surface area contributed by atoms with Gasteiger partial charge in [0.05, 0.1) is 10.6 Å². The molecule has 0 aliphatic heterocycles. The number of pyridine rings is 1. The SMILES string of the molecule is CN(C)S(=O)(=O)N(CC(=O)Nc1ccc(S(=O)(=O)Nc2ccccn2)cc1)c1ccccc1F. The lowest BCUT2D eigenvalue weighted by Gasteiger charge is -2.27. The van der Waals surface area contributed by atoms with E-state index >= 15 is 0 Å². The predicted molar refractivity (Wildman–Crippen MR) is 126 cm³/mol. The van der Waals surface area contributed by atoms with Crippen molar-refractivity contribution in [3.8, 4) is 0 Å². The Morgan fingerprint density at radius 2 is 1.59 bits per heavy atom. The molecule has 0 aliphatic carbocycles. The van der Waals surface area contributed by atoms with Crippen LogP contribution in [0.5, 0.6) is 0 Å². The molecule has 1 heterocycles. The highest BCUT2D eigenvalue weighted by atomic mass is 32.2. The zero-order valence-corrected chi connectivity index (χ0v) is 19.8. The highest BCUT2D eigenvalue weighted by Gasteiger charge is 2.29. The molecule has 180 valence electrons. The van der Waals surface area contributed by atoms with Gasteiger partial charge in [0.2, 0.25) is 5.91 Å². The van der Waals surface area contributed by atoms with Crippen molar-refractivity contribution >= 4 is 43.3 Å². The number of rotatable bonds is 9. The third-order valence-electron chi connectivity index (χ3n) is 4.50. The van der Waals surface area contributed by atoms with Gasteiger partial charge < -0.3 is 5.32 Å². The van der Waals surface area contributed by atoms with Crippen LogP contribution < -0.4 is 14.3 Å². The first-order valence-corrected chi connectivity index (χ1v) is 12.7. The van der Waals surface area contributed by atoms with Crippen LogP contribution in [0.4, 0.5) is 21.6 Å². The fraction of sp³-hybridized carbons (Fsp3) is 0.143. The summed E-state index contributed by atoms with van der Waals surface area (Å²) in [7, 11) is -5.57. The normalized spacial score (nSPS) is 11.8. The molecule has 0 bridgehead atoms. The number of aromatic nitrogens is 1. The maximum Gasteiger partial charge on any atom is 0.304 e. The van der Waals surface area contributed by atoms with Gasteiger partial charge in [0.25, 0.3) is 10.0 Å². The van der Waals surface area contributed by atoms with Gasteiger partial charge in [-0.15, -0.1) is 0 Å². The van der Waals surface area contributed by atoms with Gasteiger partial charge in [-0.1, -0.05) is 18.2 Å². The number of nitrogens with zero attached hydrogens (tertiary/aromatic N) is 3. The standard InChI is InChI=1S/C21H22FN5O5S2/c1-26(2)34(31,32)27(19-8-4-3-7-18(19)22)15-21(28)24-16-10-12-17(13-11-16)33(29,30)25-20-9-5-6-14-23-20/h3-14H,15H2,1-2H3,(H,23,25)(H,24,28). The zero-order valence-electron chi connectivity index (χ0n) is 18.2. The van der Waals surface area contributed by atoms with E-state index < -0.39 is 38.5 Å². The van der Waals surface area contributed by atoms with Gasteiger partial charge in [0.1, 0.15) is 18.2 Å². The van der Waals surface area contributed by atoms with Crippen LogP contribution in [0.3, 0.4) is 0 Å². The van der Waals surface area contributed by atoms with Gasteiger partial charge in [0, 0.05) is 26.0 Å². The Balaban J connectivity index is 1.76. The van der Waals surface area contributed by atoms with E-state index in [1.54, 1.807) is 12.1 Å². The highest BCUT2D eigenvalue weighted by Crippen LogP contribution is 2.23. The summed E-state index contributed by atoms with van der Waals surface area (Å²) in [5.74, 6) is -1.41. The van der Waals surface area contributed by atoms with Crippen LogP contribution >= 0.6 is 0 Å². The molecule has 0 spiro atoms. The molecule has 0 fully saturated rings. The number of anilines is 3. The van der Waals surface area contributed by atoms with Crippen LogP contribution in [0.2, 0.25) is 0 Å². The average Bonchev–Trinajstić information content (AvgIpc) is 2.78. The lowest BCUT2D eigenvalue weighted by Crippen LogP contribution is -2.44. The van der Waals surface area contributed by atoms with E-state index in [4.69, 9.17) is 0 Å². The second-order valence-corrected chi connectivity index (χ2v) is 10.9. The van der Waals surface area contributed by atoms with Gasteiger partial charge >= 0.3 is 10.2 Å². The molecule has 0 unspecified atom stereocenters. The van der Waals surface area contributed by atoms with Crippen LogP contribution in [0.15, 0.2) is 77.8 Å². The van der Waals surface area contributed by atoms with E-state index in [0.717, 1.165) is 10.4 Å². The minimum absolute atomic E-state index is 0.0701. The lowest BCUT2D eigenvalue weighted by molar-refractivity contribution is -0.114. The molecule has 2 N–H and O–H groups in total. The van der Waals surface area contributed by atoms with Crippen molar-refractivity contribution in [3.05, 3.63) is 78.7 Å². The molecule has 1 amide bonds. The number of halogens is 1. The largest absolute Gasteiger partial charge is 0.325 e. The van der Waals surface area contributed by atoms with Gasteiger partial charge in [-0.3, -0.25) is 9.52 Å². The average molecular weight is 508 g/mol. The number of benzene rings is 2. The first-order valence-electron chi connectivity index (χ1n) is 9.79. The van der Waals surface area contributed by atoms with Crippen molar-refractivity contribution in [2.24, 2.45) is 0 Å². The minimum Gasteiger partial charge on any atom is -0.325 e. The lowest BCUT2D eigenvalue weighted by atomic mass is 10.3. The molecule has 1 aromatic heterocycles. The third-order valence-corrected chi connectivity index (χ3v) is 7.68. The van der Waals surface area contributed by atoms with Crippen LogP contribution in [-0.2, 0) is 25.0 Å². The zero-order chi connectivity index (χ0) is 24.9. The molecule has 3 rings (SSSR count). The molecule has 0 radical (unpaired) electrons. The Labute approximate surface area is 197 Å². The van der Waals surface area contributed by atoms with E-state index in [0.29, 0.717) is 4.31 Å². The van der Waals surface area contributed by atoms with Crippen LogP contribution in [0, 0.1) is 5.82 Å². The van der Waals surface area contributed by atoms with Crippen molar-refractivity contribution in [1.82, 2.24) is 9.29 Å². The molecule has 10 nitrogen and oxygen atoms in total. The predicted octanol–water partition coefficient (Wildman–Crippen LogP) is 2.27. The Kier molecular flexibility index (Phi) is 7.49. The maximum absolute atomic E-state index is 14.3. The Morgan fingerprint density at radius 3 is 2.18 bits per heavy atom. The van der Waals surface area contributed by atoms with E-state index in [1.807, 2.05) is 0 Å². The van der Waals surface area contributed by atoms with Crippen molar-refractivity contribution in [2.45, 2.75) is 4.90 Å². The number of hydrogen-bond donors (Lipinski definition) is 2. The van der Waals surface area contributed by atoms with Gasteiger partial charge in [0.15, 0.2) is 0 Å². The summed E-state index contributed by atoms with van der Waals surface area (Å²) in [5, 5.41) is 2.49. The summed E-state index contributed by atoms with van der Waals surface area (Å²) in [5.41, 5.74) is -0.0640. The molecular weight excluding hydrogens is 485 g/mol. The molecule has 3 aromatic rings. The Morgan fingerprint density at radius 1 is 0.941 bits per heavy atom. The minimum atomic E-state index is -4.19. The summed E-state index contributed by atoms with van der Waals surface area (Å²) in [6, 6.07) is 15.2. The number of carbonyl (C=O) groups excluding carboxylic acids is 1. The molecule has 34 heavy (non-hydrogen) atoms. The number of nitrogens with one attached hydrogen (secondary N) is 2. The molecule has 2 aromatic carbocycles. The fourth-order valence-corrected chi connectivity index (χ4v) is 4.89. The van der Waals surface area contributed by atoms with Crippen LogP contribution in [0.1, 0.15) is 0 Å². The van der Waals surface area contributed by atoms with Crippen LogP contribution in [-0.4, -0.2) is 52.7 Å². The Bertz CT molecular complexity index is 1370. The summed E-state index contributed by atoms with van der Waals surface area (Å²) >= 11 is 0. The summed E-state index contributed by atoms with van der Waals surface area (Å²) < 4.78 is 68.5. The van der Waals surface area contributed by atoms with Crippen molar-refractivity contribution in [3.63, 3.8) is 0 Å². The number of carbonyl (C=O) groups is 1. The molecule has 13 heteroatoms. The molecular formula is C21H22FN5O5S2. The fourth-order valence-electron chi connectivity index (χ4n) is 2.81. The Hall–Kier alpha value is -3.55. The monoisotopic (exact) mass is 507 g/mol. The number of hydrogen-bond acceptors (Lipinski definition) is 6. The first-order chi connectivity index (χ1) is 16.0. The van der Waals surface area contributed by atoms with Crippen molar-refractivity contribution < 1.29 is 26.0 Å². The van der Waals surface area contributed by atoms with E-state index in [1.165, 1.54) is 68.8 Å². The number of amides is 1. The number of sulfonamides is 1. The molecule has 0 saturated carbocycles. The second-order valence-electron chi connectivity index (χ2n) is 7.14.